The van der Waals surface area contributed by atoms with Gasteiger partial charge >= 0.3 is 0 Å². The van der Waals surface area contributed by atoms with Crippen molar-refractivity contribution in [2.24, 2.45) is 4.99 Å². The number of amidine groups is 1. The summed E-state index contributed by atoms with van der Waals surface area (Å²) in [4.78, 5) is 30.8. The molecular formula is C20H20ClN3O2. The maximum atomic E-state index is 12.6. The molecule has 0 aromatic heterocycles. The van der Waals surface area contributed by atoms with Gasteiger partial charge in [0.1, 0.15) is 11.4 Å². The molecule has 0 saturated heterocycles. The number of fused-ring (bicyclic) bond motifs is 1. The highest BCUT2D eigenvalue weighted by molar-refractivity contribution is 6.31. The van der Waals surface area contributed by atoms with Crippen molar-refractivity contribution >= 4 is 29.3 Å². The number of benzene rings is 1. The second-order valence-corrected chi connectivity index (χ2v) is 7.74. The van der Waals surface area contributed by atoms with E-state index in [-0.39, 0.29) is 23.7 Å². The largest absolute Gasteiger partial charge is 0.355 e. The lowest BCUT2D eigenvalue weighted by Gasteiger charge is -2.32. The first-order valence-corrected chi connectivity index (χ1v) is 9.12. The topological polar surface area (TPSA) is 61.8 Å². The van der Waals surface area contributed by atoms with Gasteiger partial charge < -0.3 is 10.2 Å². The van der Waals surface area contributed by atoms with Crippen molar-refractivity contribution in [3.63, 3.8) is 0 Å². The summed E-state index contributed by atoms with van der Waals surface area (Å²) in [6, 6.07) is 7.78. The van der Waals surface area contributed by atoms with Crippen molar-refractivity contribution in [1.82, 2.24) is 10.2 Å². The van der Waals surface area contributed by atoms with Crippen molar-refractivity contribution in [2.75, 3.05) is 6.54 Å². The zero-order chi connectivity index (χ0) is 18.4. The van der Waals surface area contributed by atoms with Crippen LogP contribution in [0.25, 0.3) is 0 Å². The van der Waals surface area contributed by atoms with Gasteiger partial charge in [0.05, 0.1) is 6.42 Å². The number of hydrogen-bond acceptors (Lipinski definition) is 3. The molecule has 6 heteroatoms. The zero-order valence-electron chi connectivity index (χ0n) is 14.5. The second-order valence-electron chi connectivity index (χ2n) is 7.33. The van der Waals surface area contributed by atoms with Crippen LogP contribution in [0.15, 0.2) is 53.7 Å². The van der Waals surface area contributed by atoms with Crippen LogP contribution in [0, 0.1) is 0 Å². The van der Waals surface area contributed by atoms with Gasteiger partial charge in [-0.15, -0.1) is 0 Å². The predicted molar refractivity (Wildman–Crippen MR) is 101 cm³/mol. The standard InChI is InChI=1S/C20H20ClN3O2/c1-19(18(26)23-16-8-4-5-11-24(16)19)12-17(25)22-13-20(9-10-20)14-6-2-3-7-15(14)21/h2-8,11H,9-10,12-13H2,1H3,(H,22,25)/t19-/m0/s1. The summed E-state index contributed by atoms with van der Waals surface area (Å²) in [5.74, 6) is 0.146. The Kier molecular flexibility index (Phi) is 3.99. The number of nitrogens with one attached hydrogen (secondary N) is 1. The molecule has 0 radical (unpaired) electrons. The lowest BCUT2D eigenvalue weighted by molar-refractivity contribution is -0.131. The fourth-order valence-corrected chi connectivity index (χ4v) is 3.99. The van der Waals surface area contributed by atoms with Crippen LogP contribution in [0.5, 0.6) is 0 Å². The van der Waals surface area contributed by atoms with Crippen LogP contribution in [-0.4, -0.2) is 34.6 Å². The number of rotatable bonds is 5. The third kappa shape index (κ3) is 2.76. The predicted octanol–water partition coefficient (Wildman–Crippen LogP) is 2.96. The number of nitrogens with zero attached hydrogens (tertiary/aromatic N) is 2. The van der Waals surface area contributed by atoms with E-state index in [1.54, 1.807) is 24.1 Å². The molecule has 2 heterocycles. The van der Waals surface area contributed by atoms with Crippen molar-refractivity contribution in [2.45, 2.75) is 37.1 Å². The third-order valence-electron chi connectivity index (χ3n) is 5.47. The van der Waals surface area contributed by atoms with Crippen LogP contribution in [0.1, 0.15) is 31.7 Å². The zero-order valence-corrected chi connectivity index (χ0v) is 15.3. The van der Waals surface area contributed by atoms with Gasteiger partial charge in [0.15, 0.2) is 0 Å². The van der Waals surface area contributed by atoms with Crippen LogP contribution in [-0.2, 0) is 15.0 Å². The first kappa shape index (κ1) is 17.0. The molecule has 26 heavy (non-hydrogen) atoms. The van der Waals surface area contributed by atoms with Crippen molar-refractivity contribution in [1.29, 1.82) is 0 Å². The molecule has 1 N–H and O–H groups in total. The minimum absolute atomic E-state index is 0.0651. The fourth-order valence-electron chi connectivity index (χ4n) is 3.66. The van der Waals surface area contributed by atoms with Gasteiger partial charge in [-0.1, -0.05) is 35.9 Å². The van der Waals surface area contributed by atoms with E-state index < -0.39 is 5.54 Å². The molecule has 0 spiro atoms. The highest BCUT2D eigenvalue weighted by Gasteiger charge is 2.48. The Morgan fingerprint density at radius 1 is 1.31 bits per heavy atom. The molecular weight excluding hydrogens is 350 g/mol. The number of hydrogen-bond donors (Lipinski definition) is 1. The summed E-state index contributed by atoms with van der Waals surface area (Å²) in [6.07, 6.45) is 9.30. The molecule has 2 aliphatic heterocycles. The molecule has 1 atom stereocenters. The molecule has 0 bridgehead atoms. The number of amides is 2. The van der Waals surface area contributed by atoms with E-state index in [2.05, 4.69) is 10.3 Å². The van der Waals surface area contributed by atoms with Gasteiger partial charge in [0.2, 0.25) is 5.91 Å². The van der Waals surface area contributed by atoms with E-state index in [0.29, 0.717) is 12.4 Å². The van der Waals surface area contributed by atoms with Crippen molar-refractivity contribution in [3.05, 3.63) is 59.3 Å². The molecule has 1 aromatic rings. The minimum Gasteiger partial charge on any atom is -0.355 e. The Labute approximate surface area is 157 Å². The Morgan fingerprint density at radius 3 is 2.81 bits per heavy atom. The number of allylic oxidation sites excluding steroid dienone is 2. The van der Waals surface area contributed by atoms with Crippen molar-refractivity contribution in [3.8, 4) is 0 Å². The Hall–Kier alpha value is -2.40. The molecule has 4 rings (SSSR count). The molecule has 1 fully saturated rings. The van der Waals surface area contributed by atoms with E-state index in [1.807, 2.05) is 36.4 Å². The fraction of sp³-hybridized carbons (Fsp3) is 0.350. The quantitative estimate of drug-likeness (QED) is 0.868. The maximum absolute atomic E-state index is 12.6. The minimum atomic E-state index is -0.970. The summed E-state index contributed by atoms with van der Waals surface area (Å²) < 4.78 is 0. The molecule has 3 aliphatic rings. The summed E-state index contributed by atoms with van der Waals surface area (Å²) in [5, 5.41) is 3.75. The van der Waals surface area contributed by atoms with Gasteiger partial charge in [-0.05, 0) is 43.5 Å². The van der Waals surface area contributed by atoms with E-state index in [9.17, 15) is 9.59 Å². The molecule has 5 nitrogen and oxygen atoms in total. The summed E-state index contributed by atoms with van der Waals surface area (Å²) in [6.45, 7) is 2.29. The summed E-state index contributed by atoms with van der Waals surface area (Å²) in [5.41, 5.74) is 0.0334. The molecule has 0 unspecified atom stereocenters. The number of carbonyl (C=O) groups is 2. The Balaban J connectivity index is 1.42. The smallest absolute Gasteiger partial charge is 0.274 e. The monoisotopic (exact) mass is 369 g/mol. The number of aliphatic imine (C=N–C) groups is 1. The Bertz CT molecular complexity index is 870. The van der Waals surface area contributed by atoms with E-state index >= 15 is 0 Å². The van der Waals surface area contributed by atoms with Crippen molar-refractivity contribution < 1.29 is 9.59 Å². The summed E-state index contributed by atoms with van der Waals surface area (Å²) >= 11 is 6.33. The van der Waals surface area contributed by atoms with Crippen LogP contribution < -0.4 is 5.32 Å². The highest BCUT2D eigenvalue weighted by atomic mass is 35.5. The lowest BCUT2D eigenvalue weighted by Crippen LogP contribution is -2.50. The average molecular weight is 370 g/mol. The average Bonchev–Trinajstić information content (AvgIpc) is 3.37. The van der Waals surface area contributed by atoms with Gasteiger partial charge in [0.25, 0.3) is 5.91 Å². The lowest BCUT2D eigenvalue weighted by atomic mass is 9.93. The highest BCUT2D eigenvalue weighted by Crippen LogP contribution is 2.49. The van der Waals surface area contributed by atoms with Crippen LogP contribution in [0.4, 0.5) is 0 Å². The second kappa shape index (κ2) is 6.09. The molecule has 1 aliphatic carbocycles. The molecule has 1 aromatic carbocycles. The van der Waals surface area contributed by atoms with Gasteiger partial charge in [-0.2, -0.15) is 4.99 Å². The van der Waals surface area contributed by atoms with Crippen LogP contribution in [0.2, 0.25) is 5.02 Å². The van der Waals surface area contributed by atoms with E-state index in [1.165, 1.54) is 0 Å². The van der Waals surface area contributed by atoms with Gasteiger partial charge in [-0.3, -0.25) is 9.59 Å². The maximum Gasteiger partial charge on any atom is 0.274 e. The van der Waals surface area contributed by atoms with Crippen LogP contribution >= 0.6 is 11.6 Å². The Morgan fingerprint density at radius 2 is 2.08 bits per heavy atom. The third-order valence-corrected chi connectivity index (χ3v) is 5.80. The van der Waals surface area contributed by atoms with Gasteiger partial charge in [-0.25, -0.2) is 0 Å². The normalized spacial score (nSPS) is 25.1. The molecule has 134 valence electrons. The number of carbonyl (C=O) groups excluding carboxylic acids is 2. The first-order valence-electron chi connectivity index (χ1n) is 8.74. The molecule has 1 saturated carbocycles. The summed E-state index contributed by atoms with van der Waals surface area (Å²) in [7, 11) is 0. The van der Waals surface area contributed by atoms with E-state index in [4.69, 9.17) is 11.6 Å². The van der Waals surface area contributed by atoms with Gasteiger partial charge in [0, 0.05) is 23.2 Å². The van der Waals surface area contributed by atoms with E-state index in [0.717, 1.165) is 23.4 Å². The SMILES string of the molecule is C[C@]1(CC(=O)NCC2(c3ccccc3Cl)CC2)C(=O)N=C2C=CC=CN21. The first-order chi connectivity index (χ1) is 12.4. The van der Waals surface area contributed by atoms with Crippen LogP contribution in [0.3, 0.4) is 0 Å². The molecule has 2 amide bonds. The number of halogens is 1.